The number of carbonyl (C=O) groups is 1. The second kappa shape index (κ2) is 11.2. The molecule has 0 radical (unpaired) electrons. The number of nitrogens with one attached hydrogen (secondary N) is 3. The highest BCUT2D eigenvalue weighted by atomic mass is 35.5. The van der Waals surface area contributed by atoms with Crippen molar-refractivity contribution in [2.24, 2.45) is 0 Å². The van der Waals surface area contributed by atoms with Gasteiger partial charge in [0.05, 0.1) is 9.92 Å². The maximum absolute atomic E-state index is 12.9. The van der Waals surface area contributed by atoms with Crippen LogP contribution >= 0.6 is 34.8 Å². The Hall–Kier alpha value is -3.28. The first-order valence-electron chi connectivity index (χ1n) is 10.7. The van der Waals surface area contributed by atoms with E-state index in [0.717, 1.165) is 6.07 Å². The second-order valence-corrected chi connectivity index (χ2v) is 12.5. The number of halogens is 3. The van der Waals surface area contributed by atoms with Gasteiger partial charge in [0.2, 0.25) is 0 Å². The molecular weight excluding hydrogens is 593 g/mol. The highest BCUT2D eigenvalue weighted by molar-refractivity contribution is 7.93. The predicted molar refractivity (Wildman–Crippen MR) is 150 cm³/mol. The van der Waals surface area contributed by atoms with Crippen LogP contribution in [0.3, 0.4) is 0 Å². The van der Waals surface area contributed by atoms with E-state index in [4.69, 9.17) is 34.8 Å². The summed E-state index contributed by atoms with van der Waals surface area (Å²) in [6.45, 7) is 0. The van der Waals surface area contributed by atoms with Gasteiger partial charge in [-0.3, -0.25) is 14.2 Å². The van der Waals surface area contributed by atoms with Crippen LogP contribution in [0.25, 0.3) is 0 Å². The maximum atomic E-state index is 12.9. The fourth-order valence-corrected chi connectivity index (χ4v) is 6.20. The van der Waals surface area contributed by atoms with Gasteiger partial charge in [-0.1, -0.05) is 40.9 Å². The Kier molecular flexibility index (Phi) is 8.19. The molecule has 0 atom stereocenters. The lowest BCUT2D eigenvalue weighted by Gasteiger charge is -2.12. The van der Waals surface area contributed by atoms with E-state index in [2.05, 4.69) is 14.8 Å². The third kappa shape index (κ3) is 6.77. The summed E-state index contributed by atoms with van der Waals surface area (Å²) in [7, 11) is -8.12. The zero-order valence-corrected chi connectivity index (χ0v) is 23.1. The van der Waals surface area contributed by atoms with E-state index in [1.807, 2.05) is 0 Å². The molecular formula is C25H18Cl3N3O5S2. The third-order valence-electron chi connectivity index (χ3n) is 5.08. The Bertz CT molecular complexity index is 1710. The average molecular weight is 611 g/mol. The molecule has 4 aromatic rings. The van der Waals surface area contributed by atoms with Gasteiger partial charge in [-0.2, -0.15) is 0 Å². The standard InChI is InChI=1S/C25H18Cl3N3O5S2/c26-17-5-9-19(10-6-17)30-37(33,34)22-3-1-2-21(15-22)29-25(32)16-4-13-23(28)24(14-16)38(35,36)31-20-11-7-18(27)8-12-20/h1-15,30-31H,(H,29,32). The molecule has 13 heteroatoms. The molecule has 0 unspecified atom stereocenters. The van der Waals surface area contributed by atoms with Gasteiger partial charge in [0.25, 0.3) is 26.0 Å². The van der Waals surface area contributed by atoms with Crippen molar-refractivity contribution < 1.29 is 21.6 Å². The summed E-state index contributed by atoms with van der Waals surface area (Å²) in [5.41, 5.74) is 0.725. The number of carbonyl (C=O) groups excluding carboxylic acids is 1. The van der Waals surface area contributed by atoms with E-state index in [-0.39, 0.29) is 31.8 Å². The molecule has 4 rings (SSSR count). The Labute approximate surface area is 234 Å². The van der Waals surface area contributed by atoms with E-state index >= 15 is 0 Å². The molecule has 0 bridgehead atoms. The van der Waals surface area contributed by atoms with Gasteiger partial charge >= 0.3 is 0 Å². The first-order valence-corrected chi connectivity index (χ1v) is 14.8. The zero-order chi connectivity index (χ0) is 27.5. The van der Waals surface area contributed by atoms with Crippen LogP contribution in [-0.4, -0.2) is 22.7 Å². The molecule has 0 spiro atoms. The number of rotatable bonds is 8. The number of anilines is 3. The number of benzene rings is 4. The van der Waals surface area contributed by atoms with E-state index < -0.39 is 26.0 Å². The lowest BCUT2D eigenvalue weighted by molar-refractivity contribution is 0.102. The third-order valence-corrected chi connectivity index (χ3v) is 8.82. The van der Waals surface area contributed by atoms with Gasteiger partial charge in [0.15, 0.2) is 0 Å². The van der Waals surface area contributed by atoms with Crippen molar-refractivity contribution in [2.45, 2.75) is 9.79 Å². The molecule has 0 heterocycles. The molecule has 196 valence electrons. The van der Waals surface area contributed by atoms with Crippen molar-refractivity contribution in [1.29, 1.82) is 0 Å². The smallest absolute Gasteiger partial charge is 0.263 e. The average Bonchev–Trinajstić information content (AvgIpc) is 2.87. The molecule has 8 nitrogen and oxygen atoms in total. The largest absolute Gasteiger partial charge is 0.322 e. The minimum Gasteiger partial charge on any atom is -0.322 e. The van der Waals surface area contributed by atoms with Crippen LogP contribution in [-0.2, 0) is 20.0 Å². The Morgan fingerprint density at radius 3 is 1.74 bits per heavy atom. The van der Waals surface area contributed by atoms with Crippen molar-refractivity contribution in [2.75, 3.05) is 14.8 Å². The fraction of sp³-hybridized carbons (Fsp3) is 0. The van der Waals surface area contributed by atoms with Crippen molar-refractivity contribution in [3.05, 3.63) is 112 Å². The van der Waals surface area contributed by atoms with E-state index in [1.165, 1.54) is 72.8 Å². The number of sulfonamides is 2. The zero-order valence-electron chi connectivity index (χ0n) is 19.2. The highest BCUT2D eigenvalue weighted by Gasteiger charge is 2.21. The van der Waals surface area contributed by atoms with Crippen molar-refractivity contribution in [3.8, 4) is 0 Å². The topological polar surface area (TPSA) is 121 Å². The van der Waals surface area contributed by atoms with Gasteiger partial charge in [-0.15, -0.1) is 0 Å². The van der Waals surface area contributed by atoms with Gasteiger partial charge in [-0.25, -0.2) is 16.8 Å². The number of amides is 1. The molecule has 0 aromatic heterocycles. The van der Waals surface area contributed by atoms with Crippen LogP contribution in [0.1, 0.15) is 10.4 Å². The molecule has 0 saturated carbocycles. The summed E-state index contributed by atoms with van der Waals surface area (Å²) in [5.74, 6) is -0.676. The lowest BCUT2D eigenvalue weighted by atomic mass is 10.2. The Morgan fingerprint density at radius 1 is 0.605 bits per heavy atom. The summed E-state index contributed by atoms with van der Waals surface area (Å²) in [6.07, 6.45) is 0. The van der Waals surface area contributed by atoms with Gasteiger partial charge in [0.1, 0.15) is 4.90 Å². The molecule has 0 aliphatic heterocycles. The number of hydrogen-bond donors (Lipinski definition) is 3. The molecule has 3 N–H and O–H groups in total. The monoisotopic (exact) mass is 609 g/mol. The summed E-state index contributed by atoms with van der Waals surface area (Å²) < 4.78 is 56.3. The van der Waals surface area contributed by atoms with Gasteiger partial charge < -0.3 is 5.32 Å². The van der Waals surface area contributed by atoms with Crippen LogP contribution in [0, 0.1) is 0 Å². The molecule has 0 saturated heterocycles. The van der Waals surface area contributed by atoms with Gasteiger partial charge in [-0.05, 0) is 84.9 Å². The Morgan fingerprint density at radius 2 is 1.16 bits per heavy atom. The minimum absolute atomic E-state index is 0.0153. The maximum Gasteiger partial charge on any atom is 0.263 e. The summed E-state index contributed by atoms with van der Waals surface area (Å²) >= 11 is 17.8. The quantitative estimate of drug-likeness (QED) is 0.210. The van der Waals surface area contributed by atoms with E-state index in [0.29, 0.717) is 15.7 Å². The molecule has 1 amide bonds. The SMILES string of the molecule is O=C(Nc1cccc(S(=O)(=O)Nc2ccc(Cl)cc2)c1)c1ccc(Cl)c(S(=O)(=O)Nc2ccc(Cl)cc2)c1. The van der Waals surface area contributed by atoms with E-state index in [9.17, 15) is 21.6 Å². The Balaban J connectivity index is 1.54. The molecule has 4 aromatic carbocycles. The first-order chi connectivity index (χ1) is 17.9. The van der Waals surface area contributed by atoms with Gasteiger partial charge in [0, 0.05) is 32.7 Å². The van der Waals surface area contributed by atoms with Crippen LogP contribution < -0.4 is 14.8 Å². The molecule has 38 heavy (non-hydrogen) atoms. The molecule has 0 aliphatic rings. The van der Waals surface area contributed by atoms with Crippen LogP contribution in [0.4, 0.5) is 17.1 Å². The molecule has 0 aliphatic carbocycles. The summed E-state index contributed by atoms with van der Waals surface area (Å²) in [5, 5.41) is 3.37. The van der Waals surface area contributed by atoms with Crippen LogP contribution in [0.15, 0.2) is 101 Å². The fourth-order valence-electron chi connectivity index (χ4n) is 3.25. The summed E-state index contributed by atoms with van der Waals surface area (Å²) in [4.78, 5) is 12.5. The second-order valence-electron chi connectivity index (χ2n) is 7.85. The van der Waals surface area contributed by atoms with Crippen LogP contribution in [0.5, 0.6) is 0 Å². The summed E-state index contributed by atoms with van der Waals surface area (Å²) in [6, 6.07) is 21.4. The minimum atomic E-state index is -4.15. The molecule has 0 fully saturated rings. The normalized spacial score (nSPS) is 11.6. The predicted octanol–water partition coefficient (Wildman–Crippen LogP) is 6.50. The first kappa shape index (κ1) is 27.7. The van der Waals surface area contributed by atoms with Crippen molar-refractivity contribution >= 4 is 77.8 Å². The van der Waals surface area contributed by atoms with E-state index in [1.54, 1.807) is 12.1 Å². The highest BCUT2D eigenvalue weighted by Crippen LogP contribution is 2.27. The van der Waals surface area contributed by atoms with Crippen molar-refractivity contribution in [3.63, 3.8) is 0 Å². The van der Waals surface area contributed by atoms with Crippen LogP contribution in [0.2, 0.25) is 15.1 Å². The number of hydrogen-bond acceptors (Lipinski definition) is 5. The van der Waals surface area contributed by atoms with Crippen molar-refractivity contribution in [1.82, 2.24) is 0 Å². The lowest BCUT2D eigenvalue weighted by Crippen LogP contribution is -2.17.